The molecule has 164 valence electrons. The van der Waals surface area contributed by atoms with Crippen molar-refractivity contribution in [2.75, 3.05) is 14.2 Å². The molecular formula is C25H30N2O4. The molecule has 1 aliphatic carbocycles. The topological polar surface area (TPSA) is 67.9 Å². The maximum absolute atomic E-state index is 13.4. The second-order valence-electron chi connectivity index (χ2n) is 8.57. The molecule has 0 spiro atoms. The Balaban J connectivity index is 1.61. The van der Waals surface area contributed by atoms with Gasteiger partial charge >= 0.3 is 0 Å². The number of carbonyl (C=O) groups is 2. The third kappa shape index (κ3) is 4.24. The third-order valence-electron chi connectivity index (χ3n) is 6.50. The molecule has 1 aliphatic heterocycles. The van der Waals surface area contributed by atoms with E-state index in [-0.39, 0.29) is 24.4 Å². The number of hydrogen-bond donors (Lipinski definition) is 1. The van der Waals surface area contributed by atoms with Gasteiger partial charge in [-0.2, -0.15) is 0 Å². The zero-order valence-corrected chi connectivity index (χ0v) is 18.4. The van der Waals surface area contributed by atoms with E-state index in [0.717, 1.165) is 36.8 Å². The first-order chi connectivity index (χ1) is 15.0. The minimum atomic E-state index is -0.644. The normalized spacial score (nSPS) is 22.7. The van der Waals surface area contributed by atoms with Crippen molar-refractivity contribution >= 4 is 11.8 Å². The van der Waals surface area contributed by atoms with Crippen molar-refractivity contribution in [1.82, 2.24) is 10.2 Å². The number of rotatable bonds is 6. The van der Waals surface area contributed by atoms with Crippen LogP contribution in [0.5, 0.6) is 11.5 Å². The van der Waals surface area contributed by atoms with Crippen LogP contribution in [0.15, 0.2) is 42.5 Å². The van der Waals surface area contributed by atoms with Crippen molar-refractivity contribution in [3.8, 4) is 11.5 Å². The highest BCUT2D eigenvalue weighted by atomic mass is 16.5. The van der Waals surface area contributed by atoms with E-state index in [1.807, 2.05) is 30.3 Å². The number of ether oxygens (including phenoxy) is 2. The number of hydrogen-bond acceptors (Lipinski definition) is 4. The summed E-state index contributed by atoms with van der Waals surface area (Å²) in [6.45, 7) is 2.54. The second kappa shape index (κ2) is 9.00. The summed E-state index contributed by atoms with van der Waals surface area (Å²) in [5.41, 5.74) is 2.18. The number of carbonyl (C=O) groups excluding carboxylic acids is 2. The van der Waals surface area contributed by atoms with Crippen LogP contribution in [0.1, 0.15) is 60.1 Å². The molecule has 6 heteroatoms. The van der Waals surface area contributed by atoms with Crippen molar-refractivity contribution in [1.29, 1.82) is 0 Å². The molecule has 1 heterocycles. The van der Waals surface area contributed by atoms with E-state index in [9.17, 15) is 9.59 Å². The number of fused-ring (bicyclic) bond motifs is 1. The fourth-order valence-corrected chi connectivity index (χ4v) is 4.67. The number of methoxy groups -OCH3 is 2. The lowest BCUT2D eigenvalue weighted by atomic mass is 9.87. The Morgan fingerprint density at radius 1 is 1.06 bits per heavy atom. The van der Waals surface area contributed by atoms with E-state index in [4.69, 9.17) is 9.47 Å². The van der Waals surface area contributed by atoms with E-state index in [1.165, 1.54) is 0 Å². The van der Waals surface area contributed by atoms with Gasteiger partial charge in [0.2, 0.25) is 5.91 Å². The SMILES string of the molecule is COc1ccc(CN2C(=O)c3ccccc3[C@H]2C(=O)NC2CCC(C)CC2)c(OC)c1. The van der Waals surface area contributed by atoms with Gasteiger partial charge in [-0.3, -0.25) is 9.59 Å². The van der Waals surface area contributed by atoms with Gasteiger partial charge in [-0.05, 0) is 55.4 Å². The molecule has 2 aromatic carbocycles. The molecule has 0 unspecified atom stereocenters. The molecule has 2 aliphatic rings. The van der Waals surface area contributed by atoms with Gasteiger partial charge in [-0.15, -0.1) is 0 Å². The maximum atomic E-state index is 13.4. The van der Waals surface area contributed by atoms with Crippen LogP contribution in [0, 0.1) is 5.92 Å². The van der Waals surface area contributed by atoms with Crippen LogP contribution < -0.4 is 14.8 Å². The molecule has 4 rings (SSSR count). The molecule has 0 radical (unpaired) electrons. The number of amides is 2. The third-order valence-corrected chi connectivity index (χ3v) is 6.50. The van der Waals surface area contributed by atoms with Crippen molar-refractivity contribution in [3.63, 3.8) is 0 Å². The van der Waals surface area contributed by atoms with E-state index >= 15 is 0 Å². The Morgan fingerprint density at radius 2 is 1.81 bits per heavy atom. The number of benzene rings is 2. The lowest BCUT2D eigenvalue weighted by Gasteiger charge is -2.30. The van der Waals surface area contributed by atoms with Crippen molar-refractivity contribution in [3.05, 3.63) is 59.2 Å². The Morgan fingerprint density at radius 3 is 2.52 bits per heavy atom. The fraction of sp³-hybridized carbons (Fsp3) is 0.440. The van der Waals surface area contributed by atoms with Crippen molar-refractivity contribution < 1.29 is 19.1 Å². The van der Waals surface area contributed by atoms with Crippen LogP contribution in [-0.4, -0.2) is 37.0 Å². The van der Waals surface area contributed by atoms with Gasteiger partial charge in [0.25, 0.3) is 5.91 Å². The van der Waals surface area contributed by atoms with E-state index in [0.29, 0.717) is 23.0 Å². The predicted molar refractivity (Wildman–Crippen MR) is 118 cm³/mol. The van der Waals surface area contributed by atoms with Gasteiger partial charge in [0, 0.05) is 23.2 Å². The molecule has 1 atom stereocenters. The maximum Gasteiger partial charge on any atom is 0.255 e. The van der Waals surface area contributed by atoms with Gasteiger partial charge in [-0.1, -0.05) is 25.1 Å². The Bertz CT molecular complexity index is 966. The van der Waals surface area contributed by atoms with Gasteiger partial charge < -0.3 is 19.7 Å². The Kier molecular flexibility index (Phi) is 6.16. The summed E-state index contributed by atoms with van der Waals surface area (Å²) in [5, 5.41) is 3.22. The van der Waals surface area contributed by atoms with Gasteiger partial charge in [0.15, 0.2) is 0 Å². The second-order valence-corrected chi connectivity index (χ2v) is 8.57. The van der Waals surface area contributed by atoms with Gasteiger partial charge in [0.05, 0.1) is 20.8 Å². The summed E-state index contributed by atoms with van der Waals surface area (Å²) in [4.78, 5) is 28.3. The summed E-state index contributed by atoms with van der Waals surface area (Å²) in [5.74, 6) is 1.78. The molecule has 1 fully saturated rings. The van der Waals surface area contributed by atoms with Crippen molar-refractivity contribution in [2.24, 2.45) is 5.92 Å². The minimum absolute atomic E-state index is 0.106. The van der Waals surface area contributed by atoms with E-state index < -0.39 is 6.04 Å². The highest BCUT2D eigenvalue weighted by molar-refractivity contribution is 6.04. The van der Waals surface area contributed by atoms with Crippen LogP contribution in [-0.2, 0) is 11.3 Å². The van der Waals surface area contributed by atoms with Crippen LogP contribution in [0.4, 0.5) is 0 Å². The largest absolute Gasteiger partial charge is 0.497 e. The van der Waals surface area contributed by atoms with Gasteiger partial charge in [-0.25, -0.2) is 0 Å². The zero-order chi connectivity index (χ0) is 22.0. The summed E-state index contributed by atoms with van der Waals surface area (Å²) < 4.78 is 10.8. The molecular weight excluding hydrogens is 392 g/mol. The molecule has 1 saturated carbocycles. The molecule has 0 bridgehead atoms. The average Bonchev–Trinajstić information content (AvgIpc) is 3.07. The molecule has 0 saturated heterocycles. The summed E-state index contributed by atoms with van der Waals surface area (Å²) in [7, 11) is 3.19. The molecule has 1 N–H and O–H groups in total. The molecule has 2 aromatic rings. The Hall–Kier alpha value is -3.02. The smallest absolute Gasteiger partial charge is 0.255 e. The van der Waals surface area contributed by atoms with Crippen molar-refractivity contribution in [2.45, 2.75) is 51.2 Å². The highest BCUT2D eigenvalue weighted by Crippen LogP contribution is 2.37. The van der Waals surface area contributed by atoms with Crippen LogP contribution >= 0.6 is 0 Å². The number of nitrogens with zero attached hydrogens (tertiary/aromatic N) is 1. The fourth-order valence-electron chi connectivity index (χ4n) is 4.67. The standard InChI is InChI=1S/C25H30N2O4/c1-16-8-11-18(12-9-16)26-24(28)23-20-6-4-5-7-21(20)25(29)27(23)15-17-10-13-19(30-2)14-22(17)31-3/h4-7,10,13-14,16,18,23H,8-9,11-12,15H2,1-3H3,(H,26,28)/t16?,18?,23-/m0/s1. The molecule has 6 nitrogen and oxygen atoms in total. The predicted octanol–water partition coefficient (Wildman–Crippen LogP) is 4.10. The monoisotopic (exact) mass is 422 g/mol. The zero-order valence-electron chi connectivity index (χ0n) is 18.4. The summed E-state index contributed by atoms with van der Waals surface area (Å²) in [6.07, 6.45) is 4.22. The first-order valence-corrected chi connectivity index (χ1v) is 10.9. The first-order valence-electron chi connectivity index (χ1n) is 10.9. The van der Waals surface area contributed by atoms with E-state index in [2.05, 4.69) is 12.2 Å². The molecule has 0 aromatic heterocycles. The summed E-state index contributed by atoms with van der Waals surface area (Å²) in [6, 6.07) is 12.4. The first kappa shape index (κ1) is 21.2. The highest BCUT2D eigenvalue weighted by Gasteiger charge is 2.41. The lowest BCUT2D eigenvalue weighted by molar-refractivity contribution is -0.126. The van der Waals surface area contributed by atoms with E-state index in [1.54, 1.807) is 31.3 Å². The quantitative estimate of drug-likeness (QED) is 0.761. The Labute approximate surface area is 183 Å². The van der Waals surface area contributed by atoms with Gasteiger partial charge in [0.1, 0.15) is 17.5 Å². The number of nitrogens with one attached hydrogen (secondary N) is 1. The minimum Gasteiger partial charge on any atom is -0.497 e. The summed E-state index contributed by atoms with van der Waals surface area (Å²) >= 11 is 0. The van der Waals surface area contributed by atoms with Crippen LogP contribution in [0.25, 0.3) is 0 Å². The van der Waals surface area contributed by atoms with Crippen LogP contribution in [0.2, 0.25) is 0 Å². The molecule has 2 amide bonds. The lowest BCUT2D eigenvalue weighted by Crippen LogP contribution is -2.44. The van der Waals surface area contributed by atoms with Crippen LogP contribution in [0.3, 0.4) is 0 Å². The average molecular weight is 423 g/mol. The molecule has 31 heavy (non-hydrogen) atoms.